The van der Waals surface area contributed by atoms with Crippen LogP contribution < -0.4 is 11.1 Å². The largest absolute Gasteiger partial charge is 0.383 e. The van der Waals surface area contributed by atoms with Crippen molar-refractivity contribution in [2.45, 2.75) is 52.0 Å². The monoisotopic (exact) mass is 388 g/mol. The highest BCUT2D eigenvalue weighted by Crippen LogP contribution is 2.26. The van der Waals surface area contributed by atoms with Crippen LogP contribution in [-0.2, 0) is 0 Å². The fraction of sp³-hybridized carbons (Fsp3) is 0.435. The first kappa shape index (κ1) is 19.4. The minimum Gasteiger partial charge on any atom is -0.383 e. The molecule has 1 atom stereocenters. The summed E-state index contributed by atoms with van der Waals surface area (Å²) in [5.74, 6) is 7.91. The molecule has 29 heavy (non-hydrogen) atoms. The van der Waals surface area contributed by atoms with Crippen molar-refractivity contribution in [3.63, 3.8) is 0 Å². The van der Waals surface area contributed by atoms with Crippen molar-refractivity contribution in [2.24, 2.45) is 0 Å². The van der Waals surface area contributed by atoms with Gasteiger partial charge in [-0.25, -0.2) is 14.6 Å². The van der Waals surface area contributed by atoms with Gasteiger partial charge in [0.15, 0.2) is 5.65 Å². The molecule has 6 nitrogen and oxygen atoms in total. The highest BCUT2D eigenvalue weighted by Gasteiger charge is 2.23. The summed E-state index contributed by atoms with van der Waals surface area (Å²) in [4.78, 5) is 8.62. The molecule has 1 aromatic carbocycles. The molecule has 0 aliphatic carbocycles. The molecule has 1 aliphatic rings. The van der Waals surface area contributed by atoms with Crippen molar-refractivity contribution in [1.82, 2.24) is 25.1 Å². The number of nitrogens with zero attached hydrogens (tertiary/aromatic N) is 4. The van der Waals surface area contributed by atoms with E-state index in [4.69, 9.17) is 10.8 Å². The summed E-state index contributed by atoms with van der Waals surface area (Å²) in [7, 11) is 0. The second-order valence-corrected chi connectivity index (χ2v) is 8.35. The number of rotatable bonds is 3. The average molecular weight is 389 g/mol. The average Bonchev–Trinajstić information content (AvgIpc) is 3.34. The molecule has 150 valence electrons. The molecule has 4 rings (SSSR count). The normalized spacial score (nSPS) is 16.6. The number of benzene rings is 1. The molecule has 3 N–H and O–H groups in total. The zero-order valence-electron chi connectivity index (χ0n) is 17.5. The topological polar surface area (TPSA) is 81.7 Å². The molecule has 1 saturated heterocycles. The molecule has 1 unspecified atom stereocenters. The first-order valence-electron chi connectivity index (χ1n) is 10.3. The lowest BCUT2D eigenvalue weighted by Gasteiger charge is -2.12. The van der Waals surface area contributed by atoms with Crippen LogP contribution in [0.2, 0.25) is 0 Å². The zero-order chi connectivity index (χ0) is 20.5. The van der Waals surface area contributed by atoms with Crippen molar-refractivity contribution in [3.05, 3.63) is 46.9 Å². The van der Waals surface area contributed by atoms with Crippen molar-refractivity contribution >= 4 is 16.9 Å². The molecule has 3 aromatic rings. The lowest BCUT2D eigenvalue weighted by molar-refractivity contribution is 0.502. The van der Waals surface area contributed by atoms with Crippen molar-refractivity contribution in [3.8, 4) is 11.8 Å². The first-order chi connectivity index (χ1) is 13.9. The van der Waals surface area contributed by atoms with Crippen LogP contribution in [0.25, 0.3) is 11.0 Å². The van der Waals surface area contributed by atoms with Gasteiger partial charge < -0.3 is 11.1 Å². The molecule has 0 amide bonds. The van der Waals surface area contributed by atoms with Crippen LogP contribution in [0, 0.1) is 11.8 Å². The molecule has 1 fully saturated rings. The number of hydrogen-bond acceptors (Lipinski definition) is 5. The maximum absolute atomic E-state index is 6.18. The Labute approximate surface area is 171 Å². The summed E-state index contributed by atoms with van der Waals surface area (Å²) in [5.41, 5.74) is 11.2. The molecule has 0 radical (unpaired) electrons. The molecule has 1 aliphatic heterocycles. The molecular formula is C23H28N6. The summed E-state index contributed by atoms with van der Waals surface area (Å²) in [6.45, 7) is 10.7. The van der Waals surface area contributed by atoms with Crippen LogP contribution in [0.3, 0.4) is 0 Å². The third kappa shape index (κ3) is 3.83. The third-order valence-electron chi connectivity index (χ3n) is 5.53. The van der Waals surface area contributed by atoms with Gasteiger partial charge in [-0.3, -0.25) is 0 Å². The summed E-state index contributed by atoms with van der Waals surface area (Å²) >= 11 is 0. The molecule has 0 bridgehead atoms. The zero-order valence-corrected chi connectivity index (χ0v) is 17.5. The Kier molecular flexibility index (Phi) is 5.25. The second-order valence-electron chi connectivity index (χ2n) is 8.35. The number of aromatic nitrogens is 4. The van der Waals surface area contributed by atoms with Gasteiger partial charge in [-0.2, -0.15) is 5.10 Å². The van der Waals surface area contributed by atoms with Crippen LogP contribution in [0.15, 0.2) is 24.5 Å². The first-order valence-corrected chi connectivity index (χ1v) is 10.3. The number of fused-ring (bicyclic) bond motifs is 1. The molecule has 2 aromatic heterocycles. The van der Waals surface area contributed by atoms with E-state index in [-0.39, 0.29) is 6.04 Å². The molecule has 0 saturated carbocycles. The quantitative estimate of drug-likeness (QED) is 0.670. The minimum absolute atomic E-state index is 0.263. The highest BCUT2D eigenvalue weighted by atomic mass is 15.3. The van der Waals surface area contributed by atoms with Crippen LogP contribution in [0.1, 0.15) is 74.4 Å². The fourth-order valence-corrected chi connectivity index (χ4v) is 3.73. The van der Waals surface area contributed by atoms with Crippen molar-refractivity contribution < 1.29 is 0 Å². The Morgan fingerprint density at radius 3 is 2.41 bits per heavy atom. The SMILES string of the molecule is CC(C)c1cc(C#Cc2nn(C3CCNC3)c3ncnc(N)c23)cc(C(C)C)c1. The lowest BCUT2D eigenvalue weighted by atomic mass is 9.93. The van der Waals surface area contributed by atoms with Gasteiger partial charge >= 0.3 is 0 Å². The van der Waals surface area contributed by atoms with E-state index >= 15 is 0 Å². The highest BCUT2D eigenvalue weighted by molar-refractivity contribution is 5.90. The van der Waals surface area contributed by atoms with E-state index in [0.29, 0.717) is 23.3 Å². The van der Waals surface area contributed by atoms with Gasteiger partial charge in [0.1, 0.15) is 17.8 Å². The van der Waals surface area contributed by atoms with E-state index < -0.39 is 0 Å². The Morgan fingerprint density at radius 2 is 1.79 bits per heavy atom. The van der Waals surface area contributed by atoms with E-state index in [2.05, 4.69) is 73.0 Å². The maximum atomic E-state index is 6.18. The van der Waals surface area contributed by atoms with Crippen LogP contribution in [0.4, 0.5) is 5.82 Å². The molecule has 3 heterocycles. The van der Waals surface area contributed by atoms with E-state index in [9.17, 15) is 0 Å². The summed E-state index contributed by atoms with van der Waals surface area (Å²) in [5, 5.41) is 8.91. The fourth-order valence-electron chi connectivity index (χ4n) is 3.73. The Morgan fingerprint density at radius 1 is 1.07 bits per heavy atom. The summed E-state index contributed by atoms with van der Waals surface area (Å²) in [6, 6.07) is 6.88. The predicted molar refractivity (Wildman–Crippen MR) is 117 cm³/mol. The number of nitrogens with two attached hydrogens (primary N) is 1. The van der Waals surface area contributed by atoms with Gasteiger partial charge in [-0.15, -0.1) is 0 Å². The Hall–Kier alpha value is -2.91. The van der Waals surface area contributed by atoms with Crippen LogP contribution in [0.5, 0.6) is 0 Å². The molecular weight excluding hydrogens is 360 g/mol. The van der Waals surface area contributed by atoms with E-state index in [1.165, 1.54) is 17.5 Å². The minimum atomic E-state index is 0.263. The Balaban J connectivity index is 1.81. The summed E-state index contributed by atoms with van der Waals surface area (Å²) in [6.07, 6.45) is 2.51. The number of nitrogens with one attached hydrogen (secondary N) is 1. The van der Waals surface area contributed by atoms with Gasteiger partial charge in [-0.05, 0) is 54.0 Å². The van der Waals surface area contributed by atoms with E-state index in [1.54, 1.807) is 0 Å². The molecule has 6 heteroatoms. The van der Waals surface area contributed by atoms with Crippen molar-refractivity contribution in [1.29, 1.82) is 0 Å². The maximum Gasteiger partial charge on any atom is 0.164 e. The molecule has 0 spiro atoms. The van der Waals surface area contributed by atoms with Gasteiger partial charge in [0.05, 0.1) is 11.4 Å². The van der Waals surface area contributed by atoms with Gasteiger partial charge in [0.25, 0.3) is 0 Å². The van der Waals surface area contributed by atoms with Crippen LogP contribution >= 0.6 is 0 Å². The van der Waals surface area contributed by atoms with Gasteiger partial charge in [0, 0.05) is 12.1 Å². The second kappa shape index (κ2) is 7.84. The third-order valence-corrected chi connectivity index (χ3v) is 5.53. The van der Waals surface area contributed by atoms with E-state index in [1.807, 2.05) is 4.68 Å². The van der Waals surface area contributed by atoms with Crippen molar-refractivity contribution in [2.75, 3.05) is 18.8 Å². The number of anilines is 1. The summed E-state index contributed by atoms with van der Waals surface area (Å²) < 4.78 is 1.96. The van der Waals surface area contributed by atoms with Gasteiger partial charge in [-0.1, -0.05) is 39.7 Å². The standard InChI is InChI=1S/C23H28N6/c1-14(2)17-9-16(10-18(11-17)15(3)4)5-6-20-21-22(24)26-13-27-23(21)29(28-20)19-7-8-25-12-19/h9-11,13-15,19,25H,7-8,12H2,1-4H3,(H2,24,26,27). The van der Waals surface area contributed by atoms with E-state index in [0.717, 1.165) is 36.1 Å². The number of nitrogen functional groups attached to an aromatic ring is 1. The van der Waals surface area contributed by atoms with Gasteiger partial charge in [0.2, 0.25) is 0 Å². The Bertz CT molecular complexity index is 1070. The number of hydrogen-bond donors (Lipinski definition) is 2. The smallest absolute Gasteiger partial charge is 0.164 e. The van der Waals surface area contributed by atoms with Crippen LogP contribution in [-0.4, -0.2) is 32.8 Å². The lowest BCUT2D eigenvalue weighted by Crippen LogP contribution is -2.15. The predicted octanol–water partition coefficient (Wildman–Crippen LogP) is 3.59.